The van der Waals surface area contributed by atoms with Crippen molar-refractivity contribution in [3.63, 3.8) is 0 Å². The van der Waals surface area contributed by atoms with Crippen molar-refractivity contribution in [2.45, 2.75) is 31.3 Å². The SMILES string of the molecule is CC(C)Cn1nnnc1SCc1ccc(Cl)s1. The molecule has 7 heteroatoms. The average molecular weight is 289 g/mol. The van der Waals surface area contributed by atoms with Gasteiger partial charge in [0, 0.05) is 17.2 Å². The molecule has 2 aromatic rings. The molecular weight excluding hydrogens is 276 g/mol. The number of rotatable bonds is 5. The number of thiophene rings is 1. The van der Waals surface area contributed by atoms with E-state index in [4.69, 9.17) is 11.6 Å². The van der Waals surface area contributed by atoms with Gasteiger partial charge in [0.25, 0.3) is 0 Å². The zero-order chi connectivity index (χ0) is 12.3. The van der Waals surface area contributed by atoms with Crippen LogP contribution in [-0.4, -0.2) is 20.2 Å². The van der Waals surface area contributed by atoms with Gasteiger partial charge in [-0.2, -0.15) is 0 Å². The van der Waals surface area contributed by atoms with Crippen LogP contribution in [0.15, 0.2) is 17.3 Å². The Hall–Kier alpha value is -0.590. The first kappa shape index (κ1) is 12.9. The maximum atomic E-state index is 5.88. The van der Waals surface area contributed by atoms with Gasteiger partial charge in [-0.1, -0.05) is 37.2 Å². The minimum absolute atomic E-state index is 0.536. The van der Waals surface area contributed by atoms with Crippen LogP contribution in [0.25, 0.3) is 0 Å². The number of halogens is 1. The first-order valence-electron chi connectivity index (χ1n) is 5.28. The lowest BCUT2D eigenvalue weighted by atomic mass is 10.2. The lowest BCUT2D eigenvalue weighted by molar-refractivity contribution is 0.446. The molecule has 2 aromatic heterocycles. The van der Waals surface area contributed by atoms with E-state index in [0.29, 0.717) is 5.92 Å². The van der Waals surface area contributed by atoms with Crippen LogP contribution < -0.4 is 0 Å². The van der Waals surface area contributed by atoms with Crippen molar-refractivity contribution in [1.82, 2.24) is 20.2 Å². The third-order valence-electron chi connectivity index (χ3n) is 2.01. The fraction of sp³-hybridized carbons (Fsp3) is 0.500. The summed E-state index contributed by atoms with van der Waals surface area (Å²) in [5.74, 6) is 1.39. The monoisotopic (exact) mass is 288 g/mol. The summed E-state index contributed by atoms with van der Waals surface area (Å²) in [5, 5.41) is 12.6. The van der Waals surface area contributed by atoms with E-state index in [0.717, 1.165) is 21.8 Å². The molecule has 0 unspecified atom stereocenters. The first-order valence-corrected chi connectivity index (χ1v) is 7.46. The Morgan fingerprint density at radius 2 is 2.29 bits per heavy atom. The van der Waals surface area contributed by atoms with E-state index < -0.39 is 0 Å². The molecule has 0 N–H and O–H groups in total. The number of tetrazole rings is 1. The lowest BCUT2D eigenvalue weighted by Crippen LogP contribution is -2.07. The molecule has 0 spiro atoms. The summed E-state index contributed by atoms with van der Waals surface area (Å²) < 4.78 is 2.67. The highest BCUT2D eigenvalue weighted by atomic mass is 35.5. The summed E-state index contributed by atoms with van der Waals surface area (Å²) in [4.78, 5) is 1.24. The minimum Gasteiger partial charge on any atom is -0.220 e. The van der Waals surface area contributed by atoms with Gasteiger partial charge >= 0.3 is 0 Å². The van der Waals surface area contributed by atoms with Crippen molar-refractivity contribution < 1.29 is 0 Å². The van der Waals surface area contributed by atoms with Crippen LogP contribution in [0, 0.1) is 5.92 Å². The van der Waals surface area contributed by atoms with Gasteiger partial charge in [0.15, 0.2) is 0 Å². The Kier molecular flexibility index (Phi) is 4.42. The molecule has 0 bridgehead atoms. The summed E-state index contributed by atoms with van der Waals surface area (Å²) in [6.45, 7) is 5.14. The van der Waals surface area contributed by atoms with Gasteiger partial charge in [-0.15, -0.1) is 16.4 Å². The molecule has 0 atom stereocenters. The molecule has 2 heterocycles. The van der Waals surface area contributed by atoms with Gasteiger partial charge < -0.3 is 0 Å². The van der Waals surface area contributed by atoms with Gasteiger partial charge in [-0.3, -0.25) is 0 Å². The fourth-order valence-corrected chi connectivity index (χ4v) is 3.34. The van der Waals surface area contributed by atoms with Crippen LogP contribution in [-0.2, 0) is 12.3 Å². The molecule has 0 saturated heterocycles. The molecular formula is C10H13ClN4S2. The third kappa shape index (κ3) is 3.69. The van der Waals surface area contributed by atoms with E-state index in [9.17, 15) is 0 Å². The standard InChI is InChI=1S/C10H13ClN4S2/c1-7(2)5-15-10(12-13-14-15)16-6-8-3-4-9(11)17-8/h3-4,7H,5-6H2,1-2H3. The lowest BCUT2D eigenvalue weighted by Gasteiger charge is -2.05. The summed E-state index contributed by atoms with van der Waals surface area (Å²) in [6, 6.07) is 3.95. The molecule has 0 saturated carbocycles. The largest absolute Gasteiger partial charge is 0.220 e. The van der Waals surface area contributed by atoms with E-state index >= 15 is 0 Å². The van der Waals surface area contributed by atoms with E-state index in [1.807, 2.05) is 16.8 Å². The van der Waals surface area contributed by atoms with Crippen molar-refractivity contribution in [2.24, 2.45) is 5.92 Å². The third-order valence-corrected chi connectivity index (χ3v) is 4.43. The highest BCUT2D eigenvalue weighted by Crippen LogP contribution is 2.27. The van der Waals surface area contributed by atoms with Gasteiger partial charge in [-0.25, -0.2) is 4.68 Å². The van der Waals surface area contributed by atoms with Crippen molar-refractivity contribution >= 4 is 34.7 Å². The van der Waals surface area contributed by atoms with Crippen molar-refractivity contribution in [2.75, 3.05) is 0 Å². The second-order valence-corrected chi connectivity index (χ2v) is 6.77. The normalized spacial score (nSPS) is 11.3. The molecule has 92 valence electrons. The van der Waals surface area contributed by atoms with Crippen LogP contribution in [0.4, 0.5) is 0 Å². The van der Waals surface area contributed by atoms with Crippen LogP contribution in [0.3, 0.4) is 0 Å². The Bertz CT molecular complexity index is 480. The number of thioether (sulfide) groups is 1. The van der Waals surface area contributed by atoms with E-state index in [2.05, 4.69) is 29.4 Å². The van der Waals surface area contributed by atoms with Gasteiger partial charge in [-0.05, 0) is 28.5 Å². The smallest absolute Gasteiger partial charge is 0.209 e. The predicted octanol–water partition coefficient (Wildman–Crippen LogP) is 3.34. The maximum absolute atomic E-state index is 5.88. The molecule has 0 amide bonds. The molecule has 2 rings (SSSR count). The fourth-order valence-electron chi connectivity index (χ4n) is 1.33. The first-order chi connectivity index (χ1) is 8.15. The topological polar surface area (TPSA) is 43.6 Å². The molecule has 0 aliphatic rings. The van der Waals surface area contributed by atoms with Crippen molar-refractivity contribution in [3.05, 3.63) is 21.3 Å². The maximum Gasteiger partial charge on any atom is 0.209 e. The molecule has 0 aromatic carbocycles. The average Bonchev–Trinajstić information content (AvgIpc) is 2.84. The summed E-state index contributed by atoms with van der Waals surface area (Å²) in [6.07, 6.45) is 0. The van der Waals surface area contributed by atoms with Crippen LogP contribution in [0.2, 0.25) is 4.34 Å². The molecule has 17 heavy (non-hydrogen) atoms. The molecule has 0 fully saturated rings. The number of aromatic nitrogens is 4. The minimum atomic E-state index is 0.536. The molecule has 0 aliphatic heterocycles. The quantitative estimate of drug-likeness (QED) is 0.792. The van der Waals surface area contributed by atoms with E-state index in [1.54, 1.807) is 23.1 Å². The second kappa shape index (κ2) is 5.84. The zero-order valence-corrected chi connectivity index (χ0v) is 12.0. The molecule has 0 aliphatic carbocycles. The number of hydrogen-bond acceptors (Lipinski definition) is 5. The summed E-state index contributed by atoms with van der Waals surface area (Å²) >= 11 is 9.12. The van der Waals surface area contributed by atoms with E-state index in [-0.39, 0.29) is 0 Å². The Labute approximate surface area is 113 Å². The van der Waals surface area contributed by atoms with Gasteiger partial charge in [0.05, 0.1) is 4.34 Å². The highest BCUT2D eigenvalue weighted by molar-refractivity contribution is 7.98. The molecule has 0 radical (unpaired) electrons. The summed E-state index contributed by atoms with van der Waals surface area (Å²) in [5.41, 5.74) is 0. The van der Waals surface area contributed by atoms with Crippen molar-refractivity contribution in [3.8, 4) is 0 Å². The number of nitrogens with zero attached hydrogens (tertiary/aromatic N) is 4. The summed E-state index contributed by atoms with van der Waals surface area (Å²) in [7, 11) is 0. The predicted molar refractivity (Wildman–Crippen MR) is 71.5 cm³/mol. The molecule has 4 nitrogen and oxygen atoms in total. The van der Waals surface area contributed by atoms with Crippen LogP contribution in [0.5, 0.6) is 0 Å². The van der Waals surface area contributed by atoms with Crippen LogP contribution >= 0.6 is 34.7 Å². The Morgan fingerprint density at radius 1 is 1.47 bits per heavy atom. The Balaban J connectivity index is 1.97. The van der Waals surface area contributed by atoms with Crippen LogP contribution in [0.1, 0.15) is 18.7 Å². The second-order valence-electron chi connectivity index (χ2n) is 4.03. The van der Waals surface area contributed by atoms with Gasteiger partial charge in [0.2, 0.25) is 5.16 Å². The highest BCUT2D eigenvalue weighted by Gasteiger charge is 2.09. The number of hydrogen-bond donors (Lipinski definition) is 0. The van der Waals surface area contributed by atoms with Gasteiger partial charge in [0.1, 0.15) is 0 Å². The van der Waals surface area contributed by atoms with E-state index in [1.165, 1.54) is 4.88 Å². The van der Waals surface area contributed by atoms with Crippen molar-refractivity contribution in [1.29, 1.82) is 0 Å². The Morgan fingerprint density at radius 3 is 2.94 bits per heavy atom. The zero-order valence-electron chi connectivity index (χ0n) is 9.63.